The lowest BCUT2D eigenvalue weighted by molar-refractivity contribution is 0.567. The fourth-order valence-corrected chi connectivity index (χ4v) is 3.50. The van der Waals surface area contributed by atoms with Crippen molar-refractivity contribution in [3.8, 4) is 0 Å². The summed E-state index contributed by atoms with van der Waals surface area (Å²) >= 11 is 3.23. The summed E-state index contributed by atoms with van der Waals surface area (Å²) < 4.78 is 27.7. The van der Waals surface area contributed by atoms with Gasteiger partial charge in [-0.2, -0.15) is 5.10 Å². The van der Waals surface area contributed by atoms with Crippen LogP contribution in [0.4, 0.5) is 5.69 Å². The summed E-state index contributed by atoms with van der Waals surface area (Å²) in [5.74, 6) is 0. The van der Waals surface area contributed by atoms with Crippen LogP contribution in [-0.2, 0) is 10.0 Å². The molecule has 0 bridgehead atoms. The van der Waals surface area contributed by atoms with Crippen LogP contribution in [-0.4, -0.2) is 18.6 Å². The first-order chi connectivity index (χ1) is 8.90. The van der Waals surface area contributed by atoms with Crippen LogP contribution in [0.15, 0.2) is 40.0 Å². The van der Waals surface area contributed by atoms with E-state index in [2.05, 4.69) is 30.8 Å². The number of hydrogen-bond donors (Lipinski definition) is 3. The Morgan fingerprint density at radius 3 is 2.84 bits per heavy atom. The molecule has 6 nitrogen and oxygen atoms in total. The Morgan fingerprint density at radius 1 is 1.47 bits per heavy atom. The van der Waals surface area contributed by atoms with Crippen LogP contribution in [0.25, 0.3) is 0 Å². The summed E-state index contributed by atoms with van der Waals surface area (Å²) in [6.45, 7) is 1.73. The van der Waals surface area contributed by atoms with E-state index in [9.17, 15) is 8.42 Å². The first kappa shape index (κ1) is 14.0. The number of aromatic amines is 1. The third-order valence-corrected chi connectivity index (χ3v) is 4.71. The van der Waals surface area contributed by atoms with E-state index in [1.54, 1.807) is 31.5 Å². The number of halogens is 1. The van der Waals surface area contributed by atoms with Crippen molar-refractivity contribution < 1.29 is 8.42 Å². The molecule has 0 amide bonds. The number of anilines is 1. The third kappa shape index (κ3) is 3.14. The minimum atomic E-state index is -3.69. The Bertz CT molecular complexity index is 670. The van der Waals surface area contributed by atoms with Crippen molar-refractivity contribution in [2.45, 2.75) is 17.9 Å². The monoisotopic (exact) mass is 344 g/mol. The van der Waals surface area contributed by atoms with E-state index in [-0.39, 0.29) is 10.6 Å². The van der Waals surface area contributed by atoms with E-state index in [1.165, 1.54) is 6.07 Å². The molecule has 0 aliphatic heterocycles. The molecule has 1 aromatic heterocycles. The maximum absolute atomic E-state index is 12.3. The van der Waals surface area contributed by atoms with E-state index in [4.69, 9.17) is 5.73 Å². The maximum Gasteiger partial charge on any atom is 0.243 e. The second kappa shape index (κ2) is 5.32. The van der Waals surface area contributed by atoms with Crippen molar-refractivity contribution in [1.82, 2.24) is 14.9 Å². The Hall–Kier alpha value is -1.38. The zero-order chi connectivity index (χ0) is 14.0. The average molecular weight is 345 g/mol. The van der Waals surface area contributed by atoms with E-state index < -0.39 is 16.1 Å². The van der Waals surface area contributed by atoms with Crippen LogP contribution >= 0.6 is 15.9 Å². The third-order valence-electron chi connectivity index (χ3n) is 2.62. The van der Waals surface area contributed by atoms with Crippen LogP contribution in [0.2, 0.25) is 0 Å². The molecule has 1 atom stereocenters. The van der Waals surface area contributed by atoms with Gasteiger partial charge in [-0.05, 0) is 25.1 Å². The number of nitrogens with one attached hydrogen (secondary N) is 2. The summed E-state index contributed by atoms with van der Waals surface area (Å²) in [6, 6.07) is 4.30. The van der Waals surface area contributed by atoms with Crippen molar-refractivity contribution in [3.05, 3.63) is 40.6 Å². The minimum absolute atomic E-state index is 0.0530. The van der Waals surface area contributed by atoms with Crippen LogP contribution in [0, 0.1) is 0 Å². The molecule has 0 saturated carbocycles. The van der Waals surface area contributed by atoms with E-state index in [1.807, 2.05) is 0 Å². The predicted octanol–water partition coefficient (Wildman–Crippen LogP) is 1.79. The van der Waals surface area contributed by atoms with Gasteiger partial charge in [0.1, 0.15) is 4.90 Å². The zero-order valence-corrected chi connectivity index (χ0v) is 12.5. The zero-order valence-electron chi connectivity index (χ0n) is 10.1. The molecule has 0 radical (unpaired) electrons. The van der Waals surface area contributed by atoms with Gasteiger partial charge in [0.15, 0.2) is 0 Å². The molecule has 0 fully saturated rings. The molecule has 0 saturated heterocycles. The van der Waals surface area contributed by atoms with Gasteiger partial charge in [-0.25, -0.2) is 13.1 Å². The lowest BCUT2D eigenvalue weighted by Crippen LogP contribution is -2.27. The van der Waals surface area contributed by atoms with Gasteiger partial charge < -0.3 is 5.73 Å². The Balaban J connectivity index is 2.30. The second-order valence-electron chi connectivity index (χ2n) is 4.06. The molecule has 4 N–H and O–H groups in total. The summed E-state index contributed by atoms with van der Waals surface area (Å²) in [7, 11) is -3.69. The molecule has 1 heterocycles. The van der Waals surface area contributed by atoms with Crippen LogP contribution < -0.4 is 10.5 Å². The van der Waals surface area contributed by atoms with Gasteiger partial charge in [-0.15, -0.1) is 0 Å². The molecule has 8 heteroatoms. The SMILES string of the molecule is CC(NS(=O)(=O)c1cc(Br)ccc1N)c1cn[nH]c1. The number of nitrogens with two attached hydrogens (primary N) is 1. The van der Waals surface area contributed by atoms with Gasteiger partial charge in [0.05, 0.1) is 11.9 Å². The normalized spacial score (nSPS) is 13.4. The van der Waals surface area contributed by atoms with Crippen LogP contribution in [0.5, 0.6) is 0 Å². The number of aromatic nitrogens is 2. The number of hydrogen-bond acceptors (Lipinski definition) is 4. The summed E-state index contributed by atoms with van der Waals surface area (Å²) in [5.41, 5.74) is 6.66. The van der Waals surface area contributed by atoms with Crippen molar-refractivity contribution in [2.75, 3.05) is 5.73 Å². The van der Waals surface area contributed by atoms with E-state index in [0.717, 1.165) is 5.56 Å². The molecular weight excluding hydrogens is 332 g/mol. The maximum atomic E-state index is 12.3. The van der Waals surface area contributed by atoms with Gasteiger partial charge in [-0.3, -0.25) is 5.10 Å². The number of rotatable bonds is 4. The Kier molecular flexibility index (Phi) is 3.93. The molecule has 19 heavy (non-hydrogen) atoms. The highest BCUT2D eigenvalue weighted by Crippen LogP contribution is 2.24. The summed E-state index contributed by atoms with van der Waals surface area (Å²) in [5, 5.41) is 6.43. The Labute approximate surface area is 119 Å². The number of H-pyrrole nitrogens is 1. The average Bonchev–Trinajstić information content (AvgIpc) is 2.85. The van der Waals surface area contributed by atoms with Gasteiger partial charge in [0.25, 0.3) is 0 Å². The highest BCUT2D eigenvalue weighted by Gasteiger charge is 2.21. The molecule has 0 aliphatic carbocycles. The highest BCUT2D eigenvalue weighted by atomic mass is 79.9. The fourth-order valence-electron chi connectivity index (χ4n) is 1.60. The molecular formula is C11H13BrN4O2S. The van der Waals surface area contributed by atoms with Crippen molar-refractivity contribution in [2.24, 2.45) is 0 Å². The molecule has 2 rings (SSSR count). The van der Waals surface area contributed by atoms with E-state index in [0.29, 0.717) is 4.47 Å². The van der Waals surface area contributed by atoms with Gasteiger partial charge in [0, 0.05) is 22.3 Å². The van der Waals surface area contributed by atoms with Gasteiger partial charge in [0.2, 0.25) is 10.0 Å². The molecule has 0 aliphatic rings. The lowest BCUT2D eigenvalue weighted by atomic mass is 10.2. The summed E-state index contributed by atoms with van der Waals surface area (Å²) in [4.78, 5) is 0.0530. The number of nitrogens with zero attached hydrogens (tertiary/aromatic N) is 1. The number of sulfonamides is 1. The molecule has 1 aromatic carbocycles. The molecule has 0 spiro atoms. The molecule has 102 valence electrons. The number of nitrogen functional groups attached to an aromatic ring is 1. The predicted molar refractivity (Wildman–Crippen MR) is 75.9 cm³/mol. The Morgan fingerprint density at radius 2 is 2.21 bits per heavy atom. The first-order valence-corrected chi connectivity index (χ1v) is 7.74. The quantitative estimate of drug-likeness (QED) is 0.736. The standard InChI is InChI=1S/C11H13BrN4O2S/c1-7(8-5-14-15-6-8)16-19(17,18)11-4-9(12)2-3-10(11)13/h2-7,16H,13H2,1H3,(H,14,15). The fraction of sp³-hybridized carbons (Fsp3) is 0.182. The summed E-state index contributed by atoms with van der Waals surface area (Å²) in [6.07, 6.45) is 3.20. The number of benzene rings is 1. The van der Waals surface area contributed by atoms with Crippen LogP contribution in [0.3, 0.4) is 0 Å². The van der Waals surface area contributed by atoms with Crippen LogP contribution in [0.1, 0.15) is 18.5 Å². The molecule has 2 aromatic rings. The lowest BCUT2D eigenvalue weighted by Gasteiger charge is -2.14. The van der Waals surface area contributed by atoms with Crippen molar-refractivity contribution >= 4 is 31.6 Å². The van der Waals surface area contributed by atoms with Crippen molar-refractivity contribution in [3.63, 3.8) is 0 Å². The van der Waals surface area contributed by atoms with E-state index >= 15 is 0 Å². The van der Waals surface area contributed by atoms with Gasteiger partial charge >= 0.3 is 0 Å². The minimum Gasteiger partial charge on any atom is -0.398 e. The molecule has 1 unspecified atom stereocenters. The highest BCUT2D eigenvalue weighted by molar-refractivity contribution is 9.10. The first-order valence-electron chi connectivity index (χ1n) is 5.46. The largest absolute Gasteiger partial charge is 0.398 e. The topological polar surface area (TPSA) is 101 Å². The smallest absolute Gasteiger partial charge is 0.243 e. The van der Waals surface area contributed by atoms with Crippen molar-refractivity contribution in [1.29, 1.82) is 0 Å². The van der Waals surface area contributed by atoms with Gasteiger partial charge in [-0.1, -0.05) is 15.9 Å². The second-order valence-corrected chi connectivity index (χ2v) is 6.65.